The van der Waals surface area contributed by atoms with Crippen LogP contribution in [-0.4, -0.2) is 81.7 Å². The van der Waals surface area contributed by atoms with Crippen LogP contribution in [0.3, 0.4) is 0 Å². The molecule has 1 fully saturated rings. The molecular weight excluding hydrogens is 535 g/mol. The standard InChI is InChI=1S/C17H16N6O6S4.Na/c1-22-16(19-20-21-22)32-7-8-6-31-15-17(29-2,14(27)23(15)10(8)13(25)26)18-12(24)11(33-28)9-4-3-5-30-9;/h3-5,15H,6-7H2,1-2H3,(H,18,24)(H,25,26);/q;+1/p-1/t15-,17+;/m1./s1. The predicted octanol–water partition coefficient (Wildman–Crippen LogP) is -4.82. The van der Waals surface area contributed by atoms with Gasteiger partial charge in [0.15, 0.2) is 0 Å². The Bertz CT molecular complexity index is 1210. The van der Waals surface area contributed by atoms with Gasteiger partial charge in [-0.25, -0.2) is 8.89 Å². The molecule has 2 aromatic heterocycles. The van der Waals surface area contributed by atoms with E-state index in [-0.39, 0.29) is 62.9 Å². The maximum atomic E-state index is 13.1. The number of aliphatic carboxylic acids is 1. The third-order valence-electron chi connectivity index (χ3n) is 4.92. The molecule has 12 nitrogen and oxygen atoms in total. The van der Waals surface area contributed by atoms with Crippen molar-refractivity contribution in [2.75, 3.05) is 18.6 Å². The normalized spacial score (nSPS) is 21.3. The SMILES string of the molecule is CO[C@@]1(NC(=O)C(=S=O)c2cccs2)C(=O)N2C(C(=O)[O-])=C(CSc3nnnn3C)CS[C@@H]21.[Na+]. The summed E-state index contributed by atoms with van der Waals surface area (Å²) in [6, 6.07) is 3.30. The minimum absolute atomic E-state index is 0. The summed E-state index contributed by atoms with van der Waals surface area (Å²) in [6.07, 6.45) is 0. The third-order valence-corrected chi connectivity index (χ3v) is 8.97. The fraction of sp³-hybridized carbons (Fsp3) is 0.353. The van der Waals surface area contributed by atoms with Crippen molar-refractivity contribution in [1.29, 1.82) is 0 Å². The Morgan fingerprint density at radius 3 is 2.76 bits per heavy atom. The van der Waals surface area contributed by atoms with Crippen molar-refractivity contribution < 1.29 is 58.0 Å². The maximum Gasteiger partial charge on any atom is 1.00 e. The van der Waals surface area contributed by atoms with Crippen LogP contribution in [-0.2, 0) is 37.4 Å². The number of tetrazole rings is 1. The van der Waals surface area contributed by atoms with Crippen LogP contribution in [0.5, 0.6) is 0 Å². The summed E-state index contributed by atoms with van der Waals surface area (Å²) in [4.78, 5) is 39.3. The van der Waals surface area contributed by atoms with E-state index < -0.39 is 28.9 Å². The zero-order valence-electron chi connectivity index (χ0n) is 18.0. The Hall–Kier alpha value is -1.53. The summed E-state index contributed by atoms with van der Waals surface area (Å²) in [7, 11) is 2.89. The molecule has 174 valence electrons. The topological polar surface area (TPSA) is 159 Å². The van der Waals surface area contributed by atoms with E-state index in [0.29, 0.717) is 15.6 Å². The fourth-order valence-electron chi connectivity index (χ4n) is 3.36. The summed E-state index contributed by atoms with van der Waals surface area (Å²) < 4.78 is 18.4. The summed E-state index contributed by atoms with van der Waals surface area (Å²) in [5.41, 5.74) is -1.63. The second-order valence-corrected chi connectivity index (χ2v) is 10.3. The predicted molar refractivity (Wildman–Crippen MR) is 119 cm³/mol. The number of carboxylic acids is 1. The molecule has 17 heteroatoms. The largest absolute Gasteiger partial charge is 1.00 e. The van der Waals surface area contributed by atoms with Gasteiger partial charge >= 0.3 is 29.6 Å². The summed E-state index contributed by atoms with van der Waals surface area (Å²) in [5, 5.41) is 26.9. The Balaban J connectivity index is 0.00000324. The molecule has 2 aromatic rings. The van der Waals surface area contributed by atoms with E-state index in [1.54, 1.807) is 24.6 Å². The number of β-lactam (4-membered cyclic amide) rings is 1. The van der Waals surface area contributed by atoms with Crippen molar-refractivity contribution in [2.24, 2.45) is 7.05 Å². The van der Waals surface area contributed by atoms with E-state index in [9.17, 15) is 23.7 Å². The number of fused-ring (bicyclic) bond motifs is 1. The van der Waals surface area contributed by atoms with E-state index in [1.807, 2.05) is 0 Å². The van der Waals surface area contributed by atoms with Crippen molar-refractivity contribution in [3.63, 3.8) is 0 Å². The molecule has 0 radical (unpaired) electrons. The van der Waals surface area contributed by atoms with Crippen LogP contribution in [0.1, 0.15) is 4.88 Å². The number of carboxylic acid groups (broad SMARTS) is 1. The average Bonchev–Trinajstić information content (AvgIpc) is 3.47. The van der Waals surface area contributed by atoms with Gasteiger partial charge in [0.2, 0.25) is 5.16 Å². The Morgan fingerprint density at radius 1 is 1.44 bits per heavy atom. The van der Waals surface area contributed by atoms with Gasteiger partial charge in [-0.15, -0.1) is 28.2 Å². The summed E-state index contributed by atoms with van der Waals surface area (Å²) in [6.45, 7) is 0. The van der Waals surface area contributed by atoms with Gasteiger partial charge in [0.1, 0.15) is 21.5 Å². The number of aromatic nitrogens is 4. The molecule has 0 bridgehead atoms. The van der Waals surface area contributed by atoms with E-state index >= 15 is 0 Å². The second kappa shape index (κ2) is 11.0. The first kappa shape index (κ1) is 27.1. The molecule has 0 unspecified atom stereocenters. The Morgan fingerprint density at radius 2 is 2.21 bits per heavy atom. The molecule has 2 aliphatic rings. The zero-order chi connectivity index (χ0) is 23.8. The number of nitrogens with zero attached hydrogens (tertiary/aromatic N) is 5. The molecule has 34 heavy (non-hydrogen) atoms. The third kappa shape index (κ3) is 4.65. The quantitative estimate of drug-likeness (QED) is 0.0839. The number of methoxy groups -OCH3 is 1. The molecule has 0 aliphatic carbocycles. The second-order valence-electron chi connectivity index (χ2n) is 6.74. The van der Waals surface area contributed by atoms with E-state index in [2.05, 4.69) is 20.8 Å². The van der Waals surface area contributed by atoms with Crippen LogP contribution in [0.15, 0.2) is 33.9 Å². The van der Waals surface area contributed by atoms with E-state index in [0.717, 1.165) is 4.90 Å². The number of carbonyl (C=O) groups excluding carboxylic acids is 3. The number of hydrogen-bond acceptors (Lipinski definition) is 12. The number of hydrogen-bond donors (Lipinski definition) is 1. The molecule has 1 N–H and O–H groups in total. The van der Waals surface area contributed by atoms with E-state index in [4.69, 9.17) is 4.74 Å². The van der Waals surface area contributed by atoms with Gasteiger partial charge in [0.05, 0.1) is 16.5 Å². The maximum absolute atomic E-state index is 13.1. The average molecular weight is 551 g/mol. The Labute approximate surface area is 231 Å². The summed E-state index contributed by atoms with van der Waals surface area (Å²) in [5.74, 6) is -2.59. The van der Waals surface area contributed by atoms with Crippen LogP contribution in [0, 0.1) is 0 Å². The van der Waals surface area contributed by atoms with Crippen LogP contribution in [0.25, 0.3) is 0 Å². The number of thiophene rings is 1. The summed E-state index contributed by atoms with van der Waals surface area (Å²) >= 11 is 3.66. The van der Waals surface area contributed by atoms with Crippen LogP contribution in [0.2, 0.25) is 0 Å². The fourth-order valence-corrected chi connectivity index (χ4v) is 6.97. The molecule has 4 heterocycles. The number of nitrogens with one attached hydrogen (secondary N) is 1. The number of rotatable bonds is 8. The molecule has 2 amide bonds. The van der Waals surface area contributed by atoms with Crippen LogP contribution < -0.4 is 40.0 Å². The van der Waals surface area contributed by atoms with Gasteiger partial charge < -0.3 is 20.0 Å². The van der Waals surface area contributed by atoms with Gasteiger partial charge in [-0.3, -0.25) is 14.5 Å². The van der Waals surface area contributed by atoms with Gasteiger partial charge in [-0.05, 0) is 27.4 Å². The van der Waals surface area contributed by atoms with Gasteiger partial charge in [0.25, 0.3) is 17.5 Å². The first-order chi connectivity index (χ1) is 15.8. The Kier molecular flexibility index (Phi) is 8.78. The number of thioether (sulfide) groups is 2. The van der Waals surface area contributed by atoms with Crippen molar-refractivity contribution in [2.45, 2.75) is 16.3 Å². The molecular formula is C17H15N6NaO6S4. The molecule has 0 spiro atoms. The number of aryl methyl sites for hydroxylation is 1. The monoisotopic (exact) mass is 550 g/mol. The molecule has 0 aromatic carbocycles. The minimum atomic E-state index is -1.81. The first-order valence-electron chi connectivity index (χ1n) is 9.16. The van der Waals surface area contributed by atoms with Gasteiger partial charge in [-0.2, -0.15) is 0 Å². The van der Waals surface area contributed by atoms with Crippen molar-refractivity contribution in [1.82, 2.24) is 30.4 Å². The van der Waals surface area contributed by atoms with Crippen molar-refractivity contribution in [3.05, 3.63) is 33.7 Å². The van der Waals surface area contributed by atoms with Crippen molar-refractivity contribution >= 4 is 68.8 Å². The van der Waals surface area contributed by atoms with Crippen LogP contribution >= 0.6 is 34.9 Å². The zero-order valence-corrected chi connectivity index (χ0v) is 23.3. The smallest absolute Gasteiger partial charge is 0.543 e. The molecule has 1 saturated heterocycles. The molecule has 2 aliphatic heterocycles. The van der Waals surface area contributed by atoms with E-state index in [1.165, 1.54) is 46.7 Å². The molecule has 4 rings (SSSR count). The van der Waals surface area contributed by atoms with Gasteiger partial charge in [0, 0.05) is 25.7 Å². The first-order valence-corrected chi connectivity index (χ1v) is 12.8. The molecule has 2 atom stereocenters. The minimum Gasteiger partial charge on any atom is -0.543 e. The van der Waals surface area contributed by atoms with Gasteiger partial charge in [-0.1, -0.05) is 17.8 Å². The molecule has 0 saturated carbocycles. The van der Waals surface area contributed by atoms with Crippen LogP contribution in [0.4, 0.5) is 0 Å². The number of carbonyl (C=O) groups is 3. The number of ether oxygens (including phenoxy) is 1. The number of amides is 2. The van der Waals surface area contributed by atoms with Crippen molar-refractivity contribution in [3.8, 4) is 0 Å².